The predicted molar refractivity (Wildman–Crippen MR) is 150 cm³/mol. The number of rotatable bonds is 8. The molecule has 8 nitrogen and oxygen atoms in total. The Morgan fingerprint density at radius 1 is 0.947 bits per heavy atom. The molecule has 3 aliphatic rings. The lowest BCUT2D eigenvalue weighted by Crippen LogP contribution is -2.35. The molecule has 6 rings (SSSR count). The molecule has 1 amide bonds. The Morgan fingerprint density at radius 3 is 2.37 bits per heavy atom. The van der Waals surface area contributed by atoms with E-state index in [9.17, 15) is 13.2 Å². The first-order chi connectivity index (χ1) is 18.5. The first kappa shape index (κ1) is 24.7. The van der Waals surface area contributed by atoms with Gasteiger partial charge in [-0.1, -0.05) is 42.5 Å². The van der Waals surface area contributed by atoms with Crippen molar-refractivity contribution >= 4 is 44.3 Å². The maximum absolute atomic E-state index is 13.3. The summed E-state index contributed by atoms with van der Waals surface area (Å²) in [5.74, 6) is -0.238. The molecule has 1 aliphatic carbocycles. The number of fused-ring (bicyclic) bond motifs is 1. The number of nitrogens with one attached hydrogen (secondary N) is 3. The fraction of sp³-hybridized carbons (Fsp3) is 0.276. The zero-order chi connectivity index (χ0) is 26.1. The third-order valence-corrected chi connectivity index (χ3v) is 8.90. The van der Waals surface area contributed by atoms with Crippen molar-refractivity contribution in [3.63, 3.8) is 0 Å². The number of nitrogens with zero attached hydrogens (tertiary/aromatic N) is 1. The Labute approximate surface area is 222 Å². The largest absolute Gasteiger partial charge is 0.379 e. The Morgan fingerprint density at radius 2 is 1.66 bits per heavy atom. The first-order valence-corrected chi connectivity index (χ1v) is 14.4. The van der Waals surface area contributed by atoms with Crippen molar-refractivity contribution in [1.82, 2.24) is 4.90 Å². The molecule has 1 saturated carbocycles. The van der Waals surface area contributed by atoms with Crippen molar-refractivity contribution in [2.24, 2.45) is 0 Å². The van der Waals surface area contributed by atoms with E-state index in [1.165, 1.54) is 5.56 Å². The molecular weight excluding hydrogens is 500 g/mol. The van der Waals surface area contributed by atoms with Crippen molar-refractivity contribution in [2.75, 3.05) is 41.7 Å². The highest BCUT2D eigenvalue weighted by Crippen LogP contribution is 2.39. The highest BCUT2D eigenvalue weighted by molar-refractivity contribution is 7.93. The molecule has 1 saturated heterocycles. The number of morpholine rings is 1. The smallest absolute Gasteiger partial charge is 0.258 e. The molecular formula is C29H30N4O4S. The lowest BCUT2D eigenvalue weighted by Gasteiger charge is -2.26. The standard InChI is InChI=1S/C29H30N4O4S/c34-29-27(25-18-23(10-13-26(25)31-29)32-38(35,36)24-11-12-24)28(21-4-2-1-3-5-21)30-22-8-6-20(7-9-22)19-33-14-16-37-17-15-33/h1-10,13,18,24,30,32H,11-12,14-17,19H2,(H,31,34)/b28-27+. The van der Waals surface area contributed by atoms with Crippen LogP contribution in [0.5, 0.6) is 0 Å². The fourth-order valence-corrected chi connectivity index (χ4v) is 6.22. The molecule has 9 heteroatoms. The average molecular weight is 531 g/mol. The van der Waals surface area contributed by atoms with E-state index in [0.29, 0.717) is 41.1 Å². The van der Waals surface area contributed by atoms with Crippen LogP contribution in [0.1, 0.15) is 29.5 Å². The molecule has 2 heterocycles. The predicted octanol–water partition coefficient (Wildman–Crippen LogP) is 4.36. The minimum atomic E-state index is -3.42. The maximum atomic E-state index is 13.3. The second-order valence-electron chi connectivity index (χ2n) is 9.89. The highest BCUT2D eigenvalue weighted by Gasteiger charge is 2.36. The van der Waals surface area contributed by atoms with Gasteiger partial charge < -0.3 is 15.4 Å². The van der Waals surface area contributed by atoms with Crippen molar-refractivity contribution < 1.29 is 17.9 Å². The summed E-state index contributed by atoms with van der Waals surface area (Å²) in [6.45, 7) is 4.25. The number of ether oxygens (including phenoxy) is 1. The topological polar surface area (TPSA) is 99.8 Å². The quantitative estimate of drug-likeness (QED) is 0.375. The molecule has 0 bridgehead atoms. The van der Waals surface area contributed by atoms with Crippen molar-refractivity contribution in [2.45, 2.75) is 24.6 Å². The van der Waals surface area contributed by atoms with E-state index in [-0.39, 0.29) is 11.2 Å². The number of sulfonamides is 1. The normalized spacial score (nSPS) is 19.0. The molecule has 38 heavy (non-hydrogen) atoms. The number of carbonyl (C=O) groups excluding carboxylic acids is 1. The van der Waals surface area contributed by atoms with Gasteiger partial charge in [-0.15, -0.1) is 0 Å². The summed E-state index contributed by atoms with van der Waals surface area (Å²) in [4.78, 5) is 15.6. The number of amides is 1. The van der Waals surface area contributed by atoms with Crippen LogP contribution in [0.25, 0.3) is 11.3 Å². The van der Waals surface area contributed by atoms with Gasteiger partial charge in [-0.05, 0) is 54.3 Å². The van der Waals surface area contributed by atoms with Gasteiger partial charge in [0, 0.05) is 42.3 Å². The Hall–Kier alpha value is -3.66. The summed E-state index contributed by atoms with van der Waals surface area (Å²) >= 11 is 0. The van der Waals surface area contributed by atoms with E-state index in [2.05, 4.69) is 32.4 Å². The number of hydrogen-bond acceptors (Lipinski definition) is 6. The van der Waals surface area contributed by atoms with Crippen LogP contribution in [0.4, 0.5) is 17.1 Å². The average Bonchev–Trinajstić information content (AvgIpc) is 3.74. The third-order valence-electron chi connectivity index (χ3n) is 7.03. The number of benzene rings is 3. The lowest BCUT2D eigenvalue weighted by atomic mass is 9.99. The molecule has 2 fully saturated rings. The summed E-state index contributed by atoms with van der Waals surface area (Å²) in [5, 5.41) is 6.08. The monoisotopic (exact) mass is 530 g/mol. The SMILES string of the molecule is O=C1Nc2ccc(NS(=O)(=O)C3CC3)cc2/C1=C(\Nc1ccc(CN2CCOCC2)cc1)c1ccccc1. The van der Waals surface area contributed by atoms with Crippen LogP contribution in [0.3, 0.4) is 0 Å². The number of anilines is 3. The Balaban J connectivity index is 1.33. The van der Waals surface area contributed by atoms with Gasteiger partial charge in [0.05, 0.1) is 29.7 Å². The first-order valence-electron chi connectivity index (χ1n) is 12.9. The summed E-state index contributed by atoms with van der Waals surface area (Å²) in [6, 6.07) is 23.1. The van der Waals surface area contributed by atoms with Gasteiger partial charge in [0.1, 0.15) is 0 Å². The minimum Gasteiger partial charge on any atom is -0.379 e. The lowest BCUT2D eigenvalue weighted by molar-refractivity contribution is -0.110. The molecule has 0 radical (unpaired) electrons. The van der Waals surface area contributed by atoms with Crippen LogP contribution < -0.4 is 15.4 Å². The highest BCUT2D eigenvalue weighted by atomic mass is 32.2. The van der Waals surface area contributed by atoms with Crippen LogP contribution in [-0.4, -0.2) is 50.8 Å². The molecule has 0 unspecified atom stereocenters. The van der Waals surface area contributed by atoms with Gasteiger partial charge in [-0.2, -0.15) is 0 Å². The fourth-order valence-electron chi connectivity index (χ4n) is 4.84. The number of carbonyl (C=O) groups is 1. The molecule has 0 spiro atoms. The third kappa shape index (κ3) is 5.31. The second kappa shape index (κ2) is 10.2. The molecule has 3 aromatic carbocycles. The van der Waals surface area contributed by atoms with Crippen LogP contribution in [-0.2, 0) is 26.1 Å². The van der Waals surface area contributed by atoms with Crippen LogP contribution in [0.2, 0.25) is 0 Å². The van der Waals surface area contributed by atoms with E-state index in [0.717, 1.165) is 44.1 Å². The molecule has 2 aliphatic heterocycles. The van der Waals surface area contributed by atoms with E-state index in [1.807, 2.05) is 42.5 Å². The summed E-state index contributed by atoms with van der Waals surface area (Å²) < 4.78 is 33.2. The zero-order valence-corrected chi connectivity index (χ0v) is 21.8. The summed E-state index contributed by atoms with van der Waals surface area (Å²) in [5.41, 5.74) is 5.80. The Kier molecular flexibility index (Phi) is 6.65. The van der Waals surface area contributed by atoms with Gasteiger partial charge in [-0.25, -0.2) is 8.42 Å². The zero-order valence-electron chi connectivity index (χ0n) is 20.9. The van der Waals surface area contributed by atoms with E-state index >= 15 is 0 Å². The van der Waals surface area contributed by atoms with Crippen molar-refractivity contribution in [1.29, 1.82) is 0 Å². The van der Waals surface area contributed by atoms with Crippen LogP contribution in [0, 0.1) is 0 Å². The molecule has 0 aromatic heterocycles. The van der Waals surface area contributed by atoms with Gasteiger partial charge in [-0.3, -0.25) is 14.4 Å². The van der Waals surface area contributed by atoms with E-state index in [4.69, 9.17) is 4.74 Å². The van der Waals surface area contributed by atoms with Gasteiger partial charge in [0.25, 0.3) is 5.91 Å². The van der Waals surface area contributed by atoms with Crippen molar-refractivity contribution in [3.05, 3.63) is 89.5 Å². The molecule has 3 aromatic rings. The van der Waals surface area contributed by atoms with Gasteiger partial charge >= 0.3 is 0 Å². The number of hydrogen-bond donors (Lipinski definition) is 3. The second-order valence-corrected chi connectivity index (χ2v) is 11.8. The minimum absolute atomic E-state index is 0.238. The summed E-state index contributed by atoms with van der Waals surface area (Å²) in [6.07, 6.45) is 1.36. The summed E-state index contributed by atoms with van der Waals surface area (Å²) in [7, 11) is -3.42. The van der Waals surface area contributed by atoms with Gasteiger partial charge in [0.2, 0.25) is 10.0 Å². The van der Waals surface area contributed by atoms with E-state index in [1.54, 1.807) is 18.2 Å². The van der Waals surface area contributed by atoms with Crippen molar-refractivity contribution in [3.8, 4) is 0 Å². The van der Waals surface area contributed by atoms with E-state index < -0.39 is 10.0 Å². The van der Waals surface area contributed by atoms with Crippen LogP contribution >= 0.6 is 0 Å². The van der Waals surface area contributed by atoms with Crippen LogP contribution in [0.15, 0.2) is 72.8 Å². The molecule has 3 N–H and O–H groups in total. The molecule has 196 valence electrons. The Bertz CT molecular complexity index is 1480. The maximum Gasteiger partial charge on any atom is 0.258 e. The van der Waals surface area contributed by atoms with Gasteiger partial charge in [0.15, 0.2) is 0 Å². The molecule has 0 atom stereocenters.